The van der Waals surface area contributed by atoms with Crippen molar-refractivity contribution in [2.75, 3.05) is 10.7 Å². The average Bonchev–Trinajstić information content (AvgIpc) is 2.85. The van der Waals surface area contributed by atoms with Crippen LogP contribution in [0.3, 0.4) is 0 Å². The third-order valence-corrected chi connectivity index (χ3v) is 3.97. The largest absolute Gasteiger partial charge is 0.364 e. The first-order chi connectivity index (χ1) is 10.2. The molecular formula is C14H16N6S. The first kappa shape index (κ1) is 13.7. The minimum absolute atomic E-state index is 0.407. The van der Waals surface area contributed by atoms with Crippen molar-refractivity contribution in [3.05, 3.63) is 40.5 Å². The Kier molecular flexibility index (Phi) is 3.68. The third-order valence-electron chi connectivity index (χ3n) is 3.03. The van der Waals surface area contributed by atoms with Crippen LogP contribution in [-0.2, 0) is 6.54 Å². The summed E-state index contributed by atoms with van der Waals surface area (Å²) in [6, 6.07) is 8.03. The van der Waals surface area contributed by atoms with E-state index in [1.165, 1.54) is 4.88 Å². The molecule has 0 aliphatic heterocycles. The molecule has 21 heavy (non-hydrogen) atoms. The van der Waals surface area contributed by atoms with Crippen molar-refractivity contribution in [2.24, 2.45) is 5.84 Å². The lowest BCUT2D eigenvalue weighted by Crippen LogP contribution is -2.12. The molecule has 108 valence electrons. The summed E-state index contributed by atoms with van der Waals surface area (Å²) in [7, 11) is 0. The van der Waals surface area contributed by atoms with Crippen LogP contribution >= 0.6 is 11.3 Å². The normalized spacial score (nSPS) is 10.8. The highest BCUT2D eigenvalue weighted by Gasteiger charge is 2.10. The van der Waals surface area contributed by atoms with E-state index in [-0.39, 0.29) is 0 Å². The summed E-state index contributed by atoms with van der Waals surface area (Å²) in [6.45, 7) is 4.63. The summed E-state index contributed by atoms with van der Waals surface area (Å²) in [6.07, 6.45) is 0. The molecule has 0 radical (unpaired) electrons. The van der Waals surface area contributed by atoms with Crippen LogP contribution < -0.4 is 16.6 Å². The maximum atomic E-state index is 5.43. The van der Waals surface area contributed by atoms with E-state index in [0.717, 1.165) is 27.4 Å². The highest BCUT2D eigenvalue weighted by atomic mass is 32.1. The number of nitrogens with zero attached hydrogens (tertiary/aromatic N) is 3. The molecule has 6 nitrogen and oxygen atoms in total. The number of anilines is 2. The molecule has 0 aromatic carbocycles. The van der Waals surface area contributed by atoms with Crippen molar-refractivity contribution in [1.29, 1.82) is 0 Å². The first-order valence-electron chi connectivity index (χ1n) is 6.57. The quantitative estimate of drug-likeness (QED) is 0.507. The van der Waals surface area contributed by atoms with E-state index in [0.29, 0.717) is 12.5 Å². The lowest BCUT2D eigenvalue weighted by Gasteiger charge is -2.08. The number of hydrogen-bond donors (Lipinski definition) is 3. The molecule has 0 bridgehead atoms. The summed E-state index contributed by atoms with van der Waals surface area (Å²) in [4.78, 5) is 15.3. The average molecular weight is 300 g/mol. The van der Waals surface area contributed by atoms with Crippen LogP contribution in [0.1, 0.15) is 16.3 Å². The van der Waals surface area contributed by atoms with Gasteiger partial charge in [0.1, 0.15) is 10.6 Å². The second kappa shape index (κ2) is 5.63. The van der Waals surface area contributed by atoms with Gasteiger partial charge in [-0.05, 0) is 32.0 Å². The molecule has 0 spiro atoms. The maximum absolute atomic E-state index is 5.43. The SMILES string of the molecule is Cc1cccc(CNc2nc(NN)nc3sc(C)cc23)n1. The Hall–Kier alpha value is -2.25. The molecule has 0 saturated carbocycles. The van der Waals surface area contributed by atoms with Gasteiger partial charge >= 0.3 is 0 Å². The van der Waals surface area contributed by atoms with Gasteiger partial charge in [-0.1, -0.05) is 6.07 Å². The monoisotopic (exact) mass is 300 g/mol. The zero-order chi connectivity index (χ0) is 14.8. The molecule has 0 saturated heterocycles. The summed E-state index contributed by atoms with van der Waals surface area (Å²) < 4.78 is 0. The molecule has 0 atom stereocenters. The molecule has 0 amide bonds. The Balaban J connectivity index is 1.92. The van der Waals surface area contributed by atoms with Crippen molar-refractivity contribution < 1.29 is 0 Å². The lowest BCUT2D eigenvalue weighted by molar-refractivity contribution is 1.00. The van der Waals surface area contributed by atoms with E-state index in [9.17, 15) is 0 Å². The second-order valence-electron chi connectivity index (χ2n) is 4.74. The Morgan fingerprint density at radius 3 is 2.81 bits per heavy atom. The van der Waals surface area contributed by atoms with Gasteiger partial charge in [0, 0.05) is 10.6 Å². The number of rotatable bonds is 4. The van der Waals surface area contributed by atoms with E-state index >= 15 is 0 Å². The van der Waals surface area contributed by atoms with Crippen molar-refractivity contribution in [1.82, 2.24) is 15.0 Å². The maximum Gasteiger partial charge on any atom is 0.240 e. The zero-order valence-electron chi connectivity index (χ0n) is 11.8. The van der Waals surface area contributed by atoms with Crippen LogP contribution in [0.5, 0.6) is 0 Å². The minimum atomic E-state index is 0.407. The van der Waals surface area contributed by atoms with Gasteiger partial charge in [-0.2, -0.15) is 4.98 Å². The predicted molar refractivity (Wildman–Crippen MR) is 86.3 cm³/mol. The molecule has 3 aromatic heterocycles. The fraction of sp³-hybridized carbons (Fsp3) is 0.214. The summed E-state index contributed by atoms with van der Waals surface area (Å²) in [5.74, 6) is 6.60. The number of hydrogen-bond acceptors (Lipinski definition) is 7. The Labute approximate surface area is 126 Å². The molecular weight excluding hydrogens is 284 g/mol. The minimum Gasteiger partial charge on any atom is -0.364 e. The van der Waals surface area contributed by atoms with Crippen molar-refractivity contribution in [3.8, 4) is 0 Å². The van der Waals surface area contributed by atoms with Gasteiger partial charge in [0.25, 0.3) is 0 Å². The topological polar surface area (TPSA) is 88.8 Å². The summed E-state index contributed by atoms with van der Waals surface area (Å²) in [5.41, 5.74) is 4.47. The van der Waals surface area contributed by atoms with Crippen LogP contribution in [0.25, 0.3) is 10.2 Å². The predicted octanol–water partition coefficient (Wildman–Crippen LogP) is 2.60. The Bertz CT molecular complexity index is 782. The standard InChI is InChI=1S/C14H16N6S/c1-8-4-3-5-10(17-8)7-16-12-11-6-9(2)21-13(11)19-14(18-12)20-15/h3-6H,7,15H2,1-2H3,(H2,16,18,19,20). The lowest BCUT2D eigenvalue weighted by atomic mass is 10.3. The summed E-state index contributed by atoms with van der Waals surface area (Å²) in [5, 5.41) is 4.32. The summed E-state index contributed by atoms with van der Waals surface area (Å²) >= 11 is 1.62. The number of aromatic nitrogens is 3. The van der Waals surface area contributed by atoms with Crippen LogP contribution in [-0.4, -0.2) is 15.0 Å². The fourth-order valence-corrected chi connectivity index (χ4v) is 2.99. The smallest absolute Gasteiger partial charge is 0.240 e. The number of pyridine rings is 1. The van der Waals surface area contributed by atoms with E-state index in [2.05, 4.69) is 31.8 Å². The first-order valence-corrected chi connectivity index (χ1v) is 7.38. The highest BCUT2D eigenvalue weighted by molar-refractivity contribution is 7.18. The number of aryl methyl sites for hydroxylation is 2. The van der Waals surface area contributed by atoms with E-state index in [1.54, 1.807) is 11.3 Å². The molecule has 3 aromatic rings. The van der Waals surface area contributed by atoms with Crippen molar-refractivity contribution in [2.45, 2.75) is 20.4 Å². The van der Waals surface area contributed by atoms with Gasteiger partial charge in [-0.25, -0.2) is 10.8 Å². The fourth-order valence-electron chi connectivity index (χ4n) is 2.11. The molecule has 0 aliphatic carbocycles. The van der Waals surface area contributed by atoms with E-state index in [1.807, 2.05) is 32.0 Å². The van der Waals surface area contributed by atoms with Gasteiger partial charge in [-0.3, -0.25) is 10.4 Å². The van der Waals surface area contributed by atoms with Crippen LogP contribution in [0.4, 0.5) is 11.8 Å². The highest BCUT2D eigenvalue weighted by Crippen LogP contribution is 2.29. The van der Waals surface area contributed by atoms with E-state index < -0.39 is 0 Å². The molecule has 3 heterocycles. The van der Waals surface area contributed by atoms with Crippen LogP contribution in [0.15, 0.2) is 24.3 Å². The van der Waals surface area contributed by atoms with E-state index in [4.69, 9.17) is 5.84 Å². The van der Waals surface area contributed by atoms with Crippen LogP contribution in [0.2, 0.25) is 0 Å². The van der Waals surface area contributed by atoms with Gasteiger partial charge in [0.15, 0.2) is 0 Å². The molecule has 3 rings (SSSR count). The van der Waals surface area contributed by atoms with Gasteiger partial charge < -0.3 is 5.32 Å². The number of fused-ring (bicyclic) bond motifs is 1. The number of thiophene rings is 1. The second-order valence-corrected chi connectivity index (χ2v) is 5.97. The Morgan fingerprint density at radius 2 is 2.05 bits per heavy atom. The van der Waals surface area contributed by atoms with Gasteiger partial charge in [0.05, 0.1) is 17.6 Å². The molecule has 0 unspecified atom stereocenters. The number of nitrogens with two attached hydrogens (primary N) is 1. The van der Waals surface area contributed by atoms with Gasteiger partial charge in [-0.15, -0.1) is 11.3 Å². The number of nitrogen functional groups attached to an aromatic ring is 1. The third kappa shape index (κ3) is 2.93. The zero-order valence-corrected chi connectivity index (χ0v) is 12.7. The number of hydrazine groups is 1. The van der Waals surface area contributed by atoms with Crippen LogP contribution in [0, 0.1) is 13.8 Å². The molecule has 7 heteroatoms. The molecule has 4 N–H and O–H groups in total. The van der Waals surface area contributed by atoms with Crippen molar-refractivity contribution in [3.63, 3.8) is 0 Å². The van der Waals surface area contributed by atoms with Crippen molar-refractivity contribution >= 4 is 33.3 Å². The van der Waals surface area contributed by atoms with Gasteiger partial charge in [0.2, 0.25) is 5.95 Å². The molecule has 0 aliphatic rings. The Morgan fingerprint density at radius 1 is 1.19 bits per heavy atom. The number of nitrogens with one attached hydrogen (secondary N) is 2. The molecule has 0 fully saturated rings.